The Labute approximate surface area is 157 Å². The highest BCUT2D eigenvalue weighted by molar-refractivity contribution is 7.92. The Bertz CT molecular complexity index is 917. The second-order valence-electron chi connectivity index (χ2n) is 6.29. The van der Waals surface area contributed by atoms with Gasteiger partial charge in [-0.3, -0.25) is 9.10 Å². The number of nitrogens with one attached hydrogen (secondary N) is 1. The van der Waals surface area contributed by atoms with Crippen molar-refractivity contribution in [3.05, 3.63) is 41.8 Å². The molecular formula is C18H21N3O3S2. The van der Waals surface area contributed by atoms with Crippen molar-refractivity contribution < 1.29 is 13.2 Å². The quantitative estimate of drug-likeness (QED) is 0.791. The van der Waals surface area contributed by atoms with E-state index in [9.17, 15) is 13.2 Å². The van der Waals surface area contributed by atoms with Crippen LogP contribution in [0, 0.1) is 5.92 Å². The molecule has 1 N–H and O–H groups in total. The molecule has 1 aliphatic rings. The molecule has 1 aromatic carbocycles. The van der Waals surface area contributed by atoms with E-state index in [1.807, 2.05) is 17.5 Å². The van der Waals surface area contributed by atoms with Crippen LogP contribution in [-0.2, 0) is 14.8 Å². The van der Waals surface area contributed by atoms with Crippen LogP contribution in [0.3, 0.4) is 0 Å². The van der Waals surface area contributed by atoms with Gasteiger partial charge in [0.1, 0.15) is 0 Å². The molecule has 0 aliphatic heterocycles. The number of aromatic nitrogens is 1. The Balaban J connectivity index is 1.69. The molecule has 1 aliphatic carbocycles. The molecule has 1 atom stereocenters. The predicted molar refractivity (Wildman–Crippen MR) is 106 cm³/mol. The van der Waals surface area contributed by atoms with E-state index in [2.05, 4.69) is 22.5 Å². The molecule has 1 amide bonds. The van der Waals surface area contributed by atoms with Crippen LogP contribution in [0.5, 0.6) is 0 Å². The number of nitrogens with zero attached hydrogens (tertiary/aromatic N) is 2. The number of benzene rings is 1. The van der Waals surface area contributed by atoms with E-state index in [4.69, 9.17) is 0 Å². The zero-order valence-electron chi connectivity index (χ0n) is 14.7. The SMILES string of the molecule is CN(c1ccc(-c2csc(NC(=O)C3CC=CCC3)n2)cc1)S(C)(=O)=O. The average molecular weight is 392 g/mol. The molecule has 0 radical (unpaired) electrons. The van der Waals surface area contributed by atoms with Crippen LogP contribution in [0.15, 0.2) is 41.8 Å². The number of thiazole rings is 1. The summed E-state index contributed by atoms with van der Waals surface area (Å²) in [5, 5.41) is 5.36. The lowest BCUT2D eigenvalue weighted by molar-refractivity contribution is -0.120. The van der Waals surface area contributed by atoms with E-state index in [1.165, 1.54) is 28.9 Å². The van der Waals surface area contributed by atoms with Crippen LogP contribution in [0.4, 0.5) is 10.8 Å². The fourth-order valence-corrected chi connectivity index (χ4v) is 3.96. The van der Waals surface area contributed by atoms with Crippen molar-refractivity contribution in [1.29, 1.82) is 0 Å². The molecule has 8 heteroatoms. The molecule has 0 fully saturated rings. The molecule has 0 saturated carbocycles. The van der Waals surface area contributed by atoms with Crippen molar-refractivity contribution in [2.75, 3.05) is 22.9 Å². The van der Waals surface area contributed by atoms with Crippen molar-refractivity contribution in [2.45, 2.75) is 19.3 Å². The number of amides is 1. The number of sulfonamides is 1. The van der Waals surface area contributed by atoms with E-state index in [-0.39, 0.29) is 11.8 Å². The molecule has 1 aromatic heterocycles. The first kappa shape index (κ1) is 18.6. The summed E-state index contributed by atoms with van der Waals surface area (Å²) in [5.41, 5.74) is 2.21. The van der Waals surface area contributed by atoms with Crippen LogP contribution in [-0.4, -0.2) is 32.6 Å². The predicted octanol–water partition coefficient (Wildman–Crippen LogP) is 3.50. The Morgan fingerprint density at radius 1 is 1.27 bits per heavy atom. The maximum Gasteiger partial charge on any atom is 0.231 e. The number of hydrogen-bond acceptors (Lipinski definition) is 5. The molecule has 1 unspecified atom stereocenters. The van der Waals surface area contributed by atoms with Gasteiger partial charge in [-0.1, -0.05) is 24.3 Å². The number of allylic oxidation sites excluding steroid dienone is 2. The van der Waals surface area contributed by atoms with Crippen molar-refractivity contribution in [3.8, 4) is 11.3 Å². The second-order valence-corrected chi connectivity index (χ2v) is 9.16. The molecule has 2 aromatic rings. The minimum Gasteiger partial charge on any atom is -0.302 e. The molecule has 0 spiro atoms. The van der Waals surface area contributed by atoms with Gasteiger partial charge in [-0.15, -0.1) is 11.3 Å². The third kappa shape index (κ3) is 4.31. The van der Waals surface area contributed by atoms with E-state index >= 15 is 0 Å². The van der Waals surface area contributed by atoms with Gasteiger partial charge in [0.2, 0.25) is 15.9 Å². The monoisotopic (exact) mass is 391 g/mol. The van der Waals surface area contributed by atoms with Crippen LogP contribution < -0.4 is 9.62 Å². The number of carbonyl (C=O) groups excluding carboxylic acids is 1. The molecule has 0 saturated heterocycles. The molecule has 26 heavy (non-hydrogen) atoms. The zero-order chi connectivity index (χ0) is 18.7. The Morgan fingerprint density at radius 3 is 2.62 bits per heavy atom. The van der Waals surface area contributed by atoms with Crippen LogP contribution in [0.25, 0.3) is 11.3 Å². The van der Waals surface area contributed by atoms with Crippen LogP contribution >= 0.6 is 11.3 Å². The fraction of sp³-hybridized carbons (Fsp3) is 0.333. The smallest absolute Gasteiger partial charge is 0.231 e. The van der Waals surface area contributed by atoms with Gasteiger partial charge in [-0.05, 0) is 31.4 Å². The van der Waals surface area contributed by atoms with Gasteiger partial charge in [0.05, 0.1) is 17.6 Å². The third-order valence-corrected chi connectivity index (χ3v) is 6.36. The highest BCUT2D eigenvalue weighted by atomic mass is 32.2. The Hall–Kier alpha value is -2.19. The van der Waals surface area contributed by atoms with E-state index in [1.54, 1.807) is 12.1 Å². The topological polar surface area (TPSA) is 79.4 Å². The van der Waals surface area contributed by atoms with Crippen molar-refractivity contribution in [3.63, 3.8) is 0 Å². The number of anilines is 2. The normalized spacial score (nSPS) is 17.1. The van der Waals surface area contributed by atoms with Gasteiger partial charge in [0, 0.05) is 23.9 Å². The van der Waals surface area contributed by atoms with E-state index in [0.717, 1.165) is 30.5 Å². The lowest BCUT2D eigenvalue weighted by atomic mass is 9.94. The summed E-state index contributed by atoms with van der Waals surface area (Å²) >= 11 is 1.38. The summed E-state index contributed by atoms with van der Waals surface area (Å²) in [7, 11) is -1.77. The van der Waals surface area contributed by atoms with Crippen molar-refractivity contribution >= 4 is 38.1 Å². The molecule has 138 valence electrons. The summed E-state index contributed by atoms with van der Waals surface area (Å²) < 4.78 is 24.4. The first-order valence-corrected chi connectivity index (χ1v) is 11.0. The second kappa shape index (κ2) is 7.59. The standard InChI is InChI=1S/C18H21N3O3S2/c1-21(26(2,23)24)15-10-8-13(9-11-15)16-12-25-18(19-16)20-17(22)14-6-4-3-5-7-14/h3-4,8-12,14H,5-7H2,1-2H3,(H,19,20,22). The zero-order valence-corrected chi connectivity index (χ0v) is 16.3. The largest absolute Gasteiger partial charge is 0.302 e. The maximum atomic E-state index is 12.3. The minimum atomic E-state index is -3.29. The van der Waals surface area contributed by atoms with Crippen molar-refractivity contribution in [2.24, 2.45) is 5.92 Å². The molecule has 3 rings (SSSR count). The van der Waals surface area contributed by atoms with Crippen LogP contribution in [0.2, 0.25) is 0 Å². The number of rotatable bonds is 5. The molecule has 1 heterocycles. The first-order chi connectivity index (χ1) is 12.3. The number of hydrogen-bond donors (Lipinski definition) is 1. The highest BCUT2D eigenvalue weighted by Crippen LogP contribution is 2.28. The summed E-state index contributed by atoms with van der Waals surface area (Å²) in [6.07, 6.45) is 7.91. The van der Waals surface area contributed by atoms with Gasteiger partial charge in [0.15, 0.2) is 5.13 Å². The van der Waals surface area contributed by atoms with Gasteiger partial charge in [0.25, 0.3) is 0 Å². The summed E-state index contributed by atoms with van der Waals surface area (Å²) in [6.45, 7) is 0. The average Bonchev–Trinajstić information content (AvgIpc) is 3.09. The Morgan fingerprint density at radius 2 is 2.00 bits per heavy atom. The van der Waals surface area contributed by atoms with Crippen LogP contribution in [0.1, 0.15) is 19.3 Å². The summed E-state index contributed by atoms with van der Waals surface area (Å²) in [6, 6.07) is 7.12. The minimum absolute atomic E-state index is 0.0122. The molecule has 0 bridgehead atoms. The maximum absolute atomic E-state index is 12.3. The van der Waals surface area contributed by atoms with Crippen molar-refractivity contribution in [1.82, 2.24) is 4.98 Å². The highest BCUT2D eigenvalue weighted by Gasteiger charge is 2.20. The fourth-order valence-electron chi connectivity index (χ4n) is 2.74. The lowest BCUT2D eigenvalue weighted by Gasteiger charge is -2.16. The van der Waals surface area contributed by atoms with Gasteiger partial charge < -0.3 is 5.32 Å². The molecule has 6 nitrogen and oxygen atoms in total. The van der Waals surface area contributed by atoms with Gasteiger partial charge in [-0.25, -0.2) is 13.4 Å². The lowest BCUT2D eigenvalue weighted by Crippen LogP contribution is -2.24. The van der Waals surface area contributed by atoms with E-state index in [0.29, 0.717) is 10.8 Å². The summed E-state index contributed by atoms with van der Waals surface area (Å²) in [5.74, 6) is 0.0264. The number of carbonyl (C=O) groups is 1. The van der Waals surface area contributed by atoms with Gasteiger partial charge in [-0.2, -0.15) is 0 Å². The molecular weight excluding hydrogens is 370 g/mol. The van der Waals surface area contributed by atoms with E-state index < -0.39 is 10.0 Å². The summed E-state index contributed by atoms with van der Waals surface area (Å²) in [4.78, 5) is 16.8. The van der Waals surface area contributed by atoms with Gasteiger partial charge >= 0.3 is 0 Å². The third-order valence-electron chi connectivity index (χ3n) is 4.40. The first-order valence-electron chi connectivity index (χ1n) is 8.30. The Kier molecular flexibility index (Phi) is 5.43.